The van der Waals surface area contributed by atoms with Crippen molar-refractivity contribution in [3.63, 3.8) is 0 Å². The fourth-order valence-electron chi connectivity index (χ4n) is 3.71. The lowest BCUT2D eigenvalue weighted by Crippen LogP contribution is -2.31. The Labute approximate surface area is 198 Å². The van der Waals surface area contributed by atoms with Gasteiger partial charge in [-0.2, -0.15) is 13.2 Å². The van der Waals surface area contributed by atoms with Gasteiger partial charge in [-0.05, 0) is 35.7 Å². The largest absolute Gasteiger partial charge is 0.416 e. The van der Waals surface area contributed by atoms with Gasteiger partial charge in [0.1, 0.15) is 11.1 Å². The summed E-state index contributed by atoms with van der Waals surface area (Å²) in [6, 6.07) is 8.65. The minimum atomic E-state index is -4.71. The van der Waals surface area contributed by atoms with Gasteiger partial charge in [0.2, 0.25) is 26.0 Å². The van der Waals surface area contributed by atoms with Gasteiger partial charge in [-0.3, -0.25) is 9.52 Å². The Morgan fingerprint density at radius 2 is 1.86 bits per heavy atom. The van der Waals surface area contributed by atoms with Crippen LogP contribution in [0.1, 0.15) is 40.2 Å². The Morgan fingerprint density at radius 1 is 1.14 bits per heavy atom. The summed E-state index contributed by atoms with van der Waals surface area (Å²) in [6.07, 6.45) is -1.98. The first kappa shape index (κ1) is 24.9. The van der Waals surface area contributed by atoms with Crippen molar-refractivity contribution in [1.29, 1.82) is 0 Å². The number of benzene rings is 2. The number of H-pyrrole nitrogens is 1. The highest BCUT2D eigenvalue weighted by Gasteiger charge is 2.38. The van der Waals surface area contributed by atoms with Crippen LogP contribution < -0.4 is 9.44 Å². The first-order valence-electron chi connectivity index (χ1n) is 10.2. The Kier molecular flexibility index (Phi) is 6.46. The van der Waals surface area contributed by atoms with Gasteiger partial charge < -0.3 is 4.98 Å². The summed E-state index contributed by atoms with van der Waals surface area (Å²) >= 11 is 0. The number of nitrogens with one attached hydrogen (secondary N) is 3. The average Bonchev–Trinajstić information content (AvgIpc) is 3.40. The molecule has 0 spiro atoms. The van der Waals surface area contributed by atoms with Gasteiger partial charge in [0.15, 0.2) is 0 Å². The van der Waals surface area contributed by atoms with E-state index in [1.54, 1.807) is 12.1 Å². The van der Waals surface area contributed by atoms with E-state index in [9.17, 15) is 34.8 Å². The Balaban J connectivity index is 1.58. The van der Waals surface area contributed by atoms with Crippen molar-refractivity contribution in [2.45, 2.75) is 35.2 Å². The monoisotopic (exact) mass is 528 g/mol. The first-order chi connectivity index (χ1) is 16.3. The molecule has 2 atom stereocenters. The van der Waals surface area contributed by atoms with Crippen LogP contribution in [0.25, 0.3) is 0 Å². The summed E-state index contributed by atoms with van der Waals surface area (Å²) in [6.45, 7) is 0. The zero-order chi connectivity index (χ0) is 25.4. The van der Waals surface area contributed by atoms with Crippen LogP contribution in [0.3, 0.4) is 0 Å². The van der Waals surface area contributed by atoms with Crippen LogP contribution in [0.4, 0.5) is 13.2 Å². The molecule has 1 fully saturated rings. The van der Waals surface area contributed by atoms with Crippen LogP contribution in [0.15, 0.2) is 65.8 Å². The summed E-state index contributed by atoms with van der Waals surface area (Å²) in [5.74, 6) is -0.362. The number of amides is 1. The van der Waals surface area contributed by atoms with E-state index in [1.165, 1.54) is 24.5 Å². The van der Waals surface area contributed by atoms with E-state index < -0.39 is 53.9 Å². The number of imidazole rings is 1. The number of halogens is 3. The van der Waals surface area contributed by atoms with Crippen molar-refractivity contribution >= 4 is 26.0 Å². The smallest absolute Gasteiger partial charge is 0.347 e. The lowest BCUT2D eigenvalue weighted by atomic mass is 10.0. The summed E-state index contributed by atoms with van der Waals surface area (Å²) < 4.78 is 93.5. The van der Waals surface area contributed by atoms with Crippen LogP contribution in [0.2, 0.25) is 0 Å². The Bertz CT molecular complexity index is 1440. The topological polar surface area (TPSA) is 138 Å². The van der Waals surface area contributed by atoms with E-state index in [0.29, 0.717) is 17.2 Å². The van der Waals surface area contributed by atoms with Gasteiger partial charge in [0, 0.05) is 12.4 Å². The van der Waals surface area contributed by atoms with Gasteiger partial charge >= 0.3 is 6.18 Å². The number of rotatable bonds is 7. The molecule has 3 aromatic rings. The number of aromatic nitrogens is 2. The van der Waals surface area contributed by atoms with Gasteiger partial charge in [-0.15, -0.1) is 0 Å². The normalized spacial score (nSPS) is 18.8. The standard InChI is InChI=1S/C21H19F3N4O5S2/c22-21(23,24)15-2-1-3-16(11-15)34(30,31)27-17(20-25-8-9-26-20)10-13-4-6-14(7-5-13)18-12-19(29)28-35(18,32)33/h1-9,11,17-18,27H,10,12H2,(H,25,26)(H,28,29). The highest BCUT2D eigenvalue weighted by atomic mass is 32.2. The highest BCUT2D eigenvalue weighted by Crippen LogP contribution is 2.32. The van der Waals surface area contributed by atoms with Crippen molar-refractivity contribution in [1.82, 2.24) is 19.4 Å². The predicted molar refractivity (Wildman–Crippen MR) is 118 cm³/mol. The molecule has 3 N–H and O–H groups in total. The molecule has 14 heteroatoms. The molecule has 2 unspecified atom stereocenters. The van der Waals surface area contributed by atoms with Gasteiger partial charge in [0.25, 0.3) is 0 Å². The minimum absolute atomic E-state index is 0.0561. The second-order valence-electron chi connectivity index (χ2n) is 7.88. The highest BCUT2D eigenvalue weighted by molar-refractivity contribution is 7.90. The van der Waals surface area contributed by atoms with E-state index >= 15 is 0 Å². The summed E-state index contributed by atoms with van der Waals surface area (Å²) in [5.41, 5.74) is -0.108. The molecule has 0 aliphatic carbocycles. The maximum atomic E-state index is 13.1. The molecule has 1 amide bonds. The van der Waals surface area contributed by atoms with Gasteiger partial charge in [0.05, 0.1) is 22.9 Å². The molecule has 2 aromatic carbocycles. The van der Waals surface area contributed by atoms with Gasteiger partial charge in [-0.25, -0.2) is 26.5 Å². The van der Waals surface area contributed by atoms with Gasteiger partial charge in [-0.1, -0.05) is 30.3 Å². The van der Waals surface area contributed by atoms with Crippen molar-refractivity contribution in [2.24, 2.45) is 0 Å². The molecule has 4 rings (SSSR count). The molecule has 1 saturated heterocycles. The van der Waals surface area contributed by atoms with E-state index in [1.807, 2.05) is 4.72 Å². The fourth-order valence-corrected chi connectivity index (χ4v) is 6.38. The Hall–Kier alpha value is -3.23. The molecule has 0 bridgehead atoms. The van der Waals surface area contributed by atoms with Crippen LogP contribution >= 0.6 is 0 Å². The van der Waals surface area contributed by atoms with Crippen LogP contribution in [-0.4, -0.2) is 32.7 Å². The fraction of sp³-hybridized carbons (Fsp3) is 0.238. The molecule has 1 aliphatic rings. The molecule has 2 heterocycles. The second kappa shape index (κ2) is 9.09. The third kappa shape index (κ3) is 5.55. The molecule has 186 valence electrons. The quantitative estimate of drug-likeness (QED) is 0.431. The molecular formula is C21H19F3N4O5S2. The molecule has 0 radical (unpaired) electrons. The summed E-state index contributed by atoms with van der Waals surface area (Å²) in [7, 11) is -8.18. The predicted octanol–water partition coefficient (Wildman–Crippen LogP) is 2.58. The number of hydrogen-bond acceptors (Lipinski definition) is 6. The van der Waals surface area contributed by atoms with Crippen LogP contribution in [0.5, 0.6) is 0 Å². The first-order valence-corrected chi connectivity index (χ1v) is 13.2. The number of nitrogens with zero attached hydrogens (tertiary/aromatic N) is 1. The molecule has 0 saturated carbocycles. The van der Waals surface area contributed by atoms with Crippen molar-refractivity contribution < 1.29 is 34.8 Å². The van der Waals surface area contributed by atoms with E-state index in [0.717, 1.165) is 18.2 Å². The third-order valence-electron chi connectivity index (χ3n) is 5.41. The molecule has 9 nitrogen and oxygen atoms in total. The third-order valence-corrected chi connectivity index (χ3v) is 8.58. The lowest BCUT2D eigenvalue weighted by Gasteiger charge is -2.18. The van der Waals surface area contributed by atoms with E-state index in [2.05, 4.69) is 14.7 Å². The number of alkyl halides is 3. The number of carbonyl (C=O) groups excluding carboxylic acids is 1. The summed E-state index contributed by atoms with van der Waals surface area (Å²) in [5, 5.41) is -1.02. The molecular weight excluding hydrogens is 509 g/mol. The minimum Gasteiger partial charge on any atom is -0.347 e. The lowest BCUT2D eigenvalue weighted by molar-refractivity contribution is -0.137. The maximum absolute atomic E-state index is 13.1. The van der Waals surface area contributed by atoms with E-state index in [4.69, 9.17) is 0 Å². The molecule has 1 aromatic heterocycles. The summed E-state index contributed by atoms with van der Waals surface area (Å²) in [4.78, 5) is 17.8. The maximum Gasteiger partial charge on any atom is 0.416 e. The van der Waals surface area contributed by atoms with Crippen molar-refractivity contribution in [3.8, 4) is 0 Å². The number of hydrogen-bond donors (Lipinski definition) is 3. The van der Waals surface area contributed by atoms with Crippen LogP contribution in [-0.2, 0) is 37.4 Å². The zero-order valence-electron chi connectivity index (χ0n) is 17.8. The zero-order valence-corrected chi connectivity index (χ0v) is 19.4. The van der Waals surface area contributed by atoms with E-state index in [-0.39, 0.29) is 18.7 Å². The second-order valence-corrected chi connectivity index (χ2v) is 11.5. The SMILES string of the molecule is O=C1CC(c2ccc(CC(NS(=O)(=O)c3cccc(C(F)(F)F)c3)c3ncc[nH]3)cc2)S(=O)(=O)N1. The van der Waals surface area contributed by atoms with Crippen LogP contribution in [0, 0.1) is 0 Å². The number of carbonyl (C=O) groups is 1. The molecule has 1 aliphatic heterocycles. The van der Waals surface area contributed by atoms with Crippen molar-refractivity contribution in [2.75, 3.05) is 0 Å². The van der Waals surface area contributed by atoms with Crippen molar-refractivity contribution in [3.05, 3.63) is 83.4 Å². The Morgan fingerprint density at radius 3 is 2.43 bits per heavy atom. The number of sulfonamides is 2. The molecule has 35 heavy (non-hydrogen) atoms. The number of aromatic amines is 1. The average molecular weight is 529 g/mol.